The van der Waals surface area contributed by atoms with Crippen molar-refractivity contribution in [1.29, 1.82) is 0 Å². The van der Waals surface area contributed by atoms with E-state index in [1.165, 1.54) is 12.3 Å². The van der Waals surface area contributed by atoms with E-state index in [1.54, 1.807) is 12.3 Å². The van der Waals surface area contributed by atoms with Crippen molar-refractivity contribution in [1.82, 2.24) is 19.9 Å². The van der Waals surface area contributed by atoms with Gasteiger partial charge in [-0.3, -0.25) is 4.98 Å². The van der Waals surface area contributed by atoms with E-state index in [0.717, 1.165) is 18.1 Å². The summed E-state index contributed by atoms with van der Waals surface area (Å²) >= 11 is 0. The Morgan fingerprint density at radius 2 is 2.24 bits per heavy atom. The highest BCUT2D eigenvalue weighted by Gasteiger charge is 2.17. The third-order valence-electron chi connectivity index (χ3n) is 2.68. The molecule has 17 heavy (non-hydrogen) atoms. The zero-order chi connectivity index (χ0) is 12.3. The fraction of sp³-hybridized carbons (Fsp3) is 0.333. The first-order chi connectivity index (χ1) is 8.26. The van der Waals surface area contributed by atoms with Gasteiger partial charge in [0.25, 0.3) is 0 Å². The number of halogens is 1. The Kier molecular flexibility index (Phi) is 3.49. The molecule has 1 atom stereocenters. The Bertz CT molecular complexity index is 478. The second-order valence-corrected chi connectivity index (χ2v) is 3.69. The predicted molar refractivity (Wildman–Crippen MR) is 63.0 cm³/mol. The van der Waals surface area contributed by atoms with Crippen LogP contribution in [0.5, 0.6) is 0 Å². The first-order valence-corrected chi connectivity index (χ1v) is 5.56. The van der Waals surface area contributed by atoms with Crippen molar-refractivity contribution < 1.29 is 4.39 Å². The molecule has 0 amide bonds. The number of nitrogens with zero attached hydrogens (tertiary/aromatic N) is 3. The zero-order valence-electron chi connectivity index (χ0n) is 9.89. The van der Waals surface area contributed by atoms with Crippen LogP contribution in [-0.4, -0.2) is 21.6 Å². The van der Waals surface area contributed by atoms with Gasteiger partial charge in [-0.2, -0.15) is 0 Å². The maximum Gasteiger partial charge on any atom is 0.141 e. The van der Waals surface area contributed by atoms with Gasteiger partial charge in [-0.05, 0) is 26.1 Å². The van der Waals surface area contributed by atoms with Crippen molar-refractivity contribution in [2.75, 3.05) is 7.05 Å². The molecular weight excluding hydrogens is 219 g/mol. The third kappa shape index (κ3) is 2.34. The number of hydrogen-bond acceptors (Lipinski definition) is 3. The molecule has 0 saturated carbocycles. The van der Waals surface area contributed by atoms with Crippen LogP contribution in [0.4, 0.5) is 4.39 Å². The van der Waals surface area contributed by atoms with Crippen LogP contribution in [0.3, 0.4) is 0 Å². The average molecular weight is 234 g/mol. The summed E-state index contributed by atoms with van der Waals surface area (Å²) in [6.07, 6.45) is 4.90. The lowest BCUT2D eigenvalue weighted by molar-refractivity contribution is 0.570. The van der Waals surface area contributed by atoms with E-state index in [-0.39, 0.29) is 11.9 Å². The van der Waals surface area contributed by atoms with Crippen LogP contribution in [0, 0.1) is 5.82 Å². The molecule has 1 unspecified atom stereocenters. The predicted octanol–water partition coefficient (Wildman–Crippen LogP) is 1.75. The van der Waals surface area contributed by atoms with Gasteiger partial charge in [0, 0.05) is 18.9 Å². The van der Waals surface area contributed by atoms with Crippen LogP contribution in [-0.2, 0) is 6.54 Å². The van der Waals surface area contributed by atoms with Crippen LogP contribution in [0.15, 0.2) is 30.7 Å². The van der Waals surface area contributed by atoms with Gasteiger partial charge in [0.05, 0.1) is 11.9 Å². The monoisotopic (exact) mass is 234 g/mol. The van der Waals surface area contributed by atoms with Gasteiger partial charge in [-0.25, -0.2) is 9.37 Å². The van der Waals surface area contributed by atoms with Crippen LogP contribution >= 0.6 is 0 Å². The summed E-state index contributed by atoms with van der Waals surface area (Å²) in [6.45, 7) is 2.89. The van der Waals surface area contributed by atoms with Gasteiger partial charge in [0.1, 0.15) is 17.7 Å². The van der Waals surface area contributed by atoms with E-state index in [0.29, 0.717) is 0 Å². The summed E-state index contributed by atoms with van der Waals surface area (Å²) in [5.41, 5.74) is 0.759. The summed E-state index contributed by atoms with van der Waals surface area (Å²) in [4.78, 5) is 8.41. The lowest BCUT2D eigenvalue weighted by Gasteiger charge is -2.16. The smallest absolute Gasteiger partial charge is 0.141 e. The van der Waals surface area contributed by atoms with E-state index >= 15 is 0 Å². The molecule has 0 aliphatic rings. The molecule has 5 heteroatoms. The largest absolute Gasteiger partial charge is 0.334 e. The summed E-state index contributed by atoms with van der Waals surface area (Å²) in [5.74, 6) is 0.552. The Labute approximate surface area is 99.5 Å². The maximum absolute atomic E-state index is 12.8. The number of imidazole rings is 1. The molecular formula is C12H15FN4. The minimum absolute atomic E-state index is 0.120. The van der Waals surface area contributed by atoms with E-state index in [1.807, 2.05) is 17.8 Å². The quantitative estimate of drug-likeness (QED) is 0.876. The molecule has 1 N–H and O–H groups in total. The SMILES string of the molecule is CCn1ccnc1C(NC)c1ccc(F)cn1. The molecule has 0 saturated heterocycles. The lowest BCUT2D eigenvalue weighted by atomic mass is 10.1. The molecule has 0 fully saturated rings. The molecule has 2 heterocycles. The summed E-state index contributed by atoms with van der Waals surface area (Å²) in [7, 11) is 1.84. The van der Waals surface area contributed by atoms with Gasteiger partial charge in [-0.15, -0.1) is 0 Å². The molecule has 2 rings (SSSR count). The van der Waals surface area contributed by atoms with Crippen molar-refractivity contribution in [3.63, 3.8) is 0 Å². The first-order valence-electron chi connectivity index (χ1n) is 5.56. The Morgan fingerprint density at radius 3 is 2.82 bits per heavy atom. The fourth-order valence-electron chi connectivity index (χ4n) is 1.82. The zero-order valence-corrected chi connectivity index (χ0v) is 9.89. The van der Waals surface area contributed by atoms with Crippen LogP contribution in [0.1, 0.15) is 24.5 Å². The number of rotatable bonds is 4. The standard InChI is InChI=1S/C12H15FN4/c1-3-17-7-6-15-12(17)11(14-2)10-5-4-9(13)8-16-10/h4-8,11,14H,3H2,1-2H3. The third-order valence-corrected chi connectivity index (χ3v) is 2.68. The molecule has 4 nitrogen and oxygen atoms in total. The summed E-state index contributed by atoms with van der Waals surface area (Å²) in [5, 5.41) is 3.15. The first kappa shape index (κ1) is 11.7. The second-order valence-electron chi connectivity index (χ2n) is 3.69. The van der Waals surface area contributed by atoms with Gasteiger partial charge in [0.2, 0.25) is 0 Å². The van der Waals surface area contributed by atoms with Crippen LogP contribution in [0.2, 0.25) is 0 Å². The maximum atomic E-state index is 12.8. The molecule has 0 aliphatic heterocycles. The van der Waals surface area contributed by atoms with Crippen molar-refractivity contribution >= 4 is 0 Å². The molecule has 90 valence electrons. The lowest BCUT2D eigenvalue weighted by Crippen LogP contribution is -2.22. The highest BCUT2D eigenvalue weighted by molar-refractivity contribution is 5.18. The van der Waals surface area contributed by atoms with Crippen molar-refractivity contribution in [2.45, 2.75) is 19.5 Å². The minimum atomic E-state index is -0.331. The second kappa shape index (κ2) is 5.05. The van der Waals surface area contributed by atoms with E-state index in [9.17, 15) is 4.39 Å². The van der Waals surface area contributed by atoms with Crippen LogP contribution < -0.4 is 5.32 Å². The number of hydrogen-bond donors (Lipinski definition) is 1. The van der Waals surface area contributed by atoms with Crippen molar-refractivity contribution in [3.8, 4) is 0 Å². The highest BCUT2D eigenvalue weighted by Crippen LogP contribution is 2.18. The average Bonchev–Trinajstić information content (AvgIpc) is 2.81. The van der Waals surface area contributed by atoms with E-state index in [4.69, 9.17) is 0 Å². The molecule has 2 aromatic rings. The van der Waals surface area contributed by atoms with E-state index < -0.39 is 0 Å². The number of aryl methyl sites for hydroxylation is 1. The molecule has 0 spiro atoms. The van der Waals surface area contributed by atoms with Gasteiger partial charge in [-0.1, -0.05) is 0 Å². The Hall–Kier alpha value is -1.75. The Balaban J connectivity index is 2.36. The number of nitrogens with one attached hydrogen (secondary N) is 1. The van der Waals surface area contributed by atoms with E-state index in [2.05, 4.69) is 22.2 Å². The molecule has 0 bridgehead atoms. The topological polar surface area (TPSA) is 42.7 Å². The van der Waals surface area contributed by atoms with Crippen molar-refractivity contribution in [3.05, 3.63) is 48.1 Å². The van der Waals surface area contributed by atoms with Gasteiger partial charge >= 0.3 is 0 Å². The van der Waals surface area contributed by atoms with Gasteiger partial charge < -0.3 is 9.88 Å². The van der Waals surface area contributed by atoms with Crippen LogP contribution in [0.25, 0.3) is 0 Å². The minimum Gasteiger partial charge on any atom is -0.334 e. The fourth-order valence-corrected chi connectivity index (χ4v) is 1.82. The molecule has 2 aromatic heterocycles. The summed E-state index contributed by atoms with van der Waals surface area (Å²) < 4.78 is 14.9. The van der Waals surface area contributed by atoms with Gasteiger partial charge in [0.15, 0.2) is 0 Å². The Morgan fingerprint density at radius 1 is 1.41 bits per heavy atom. The van der Waals surface area contributed by atoms with Crippen molar-refractivity contribution in [2.24, 2.45) is 0 Å². The molecule has 0 aliphatic carbocycles. The molecule has 0 aromatic carbocycles. The summed E-state index contributed by atoms with van der Waals surface area (Å²) in [6, 6.07) is 2.96. The number of pyridine rings is 1. The normalized spacial score (nSPS) is 12.6. The number of aromatic nitrogens is 3. The highest BCUT2D eigenvalue weighted by atomic mass is 19.1. The molecule has 0 radical (unpaired) electrons.